The van der Waals surface area contributed by atoms with Gasteiger partial charge in [0.1, 0.15) is 18.1 Å². The number of rotatable bonds is 13. The lowest BCUT2D eigenvalue weighted by Gasteiger charge is -2.18. The van der Waals surface area contributed by atoms with E-state index in [2.05, 4.69) is 9.71 Å². The number of benzene rings is 2. The number of ether oxygens (including phenoxy) is 5. The van der Waals surface area contributed by atoms with E-state index in [9.17, 15) is 13.2 Å². The van der Waals surface area contributed by atoms with E-state index in [0.717, 1.165) is 0 Å². The first-order valence-electron chi connectivity index (χ1n) is 10.9. The molecule has 0 atom stereocenters. The Morgan fingerprint density at radius 1 is 0.943 bits per heavy atom. The largest absolute Gasteiger partial charge is 0.487 e. The second-order valence-electron chi connectivity index (χ2n) is 7.18. The van der Waals surface area contributed by atoms with Crippen molar-refractivity contribution in [1.82, 2.24) is 4.98 Å². The molecule has 0 fully saturated rings. The molecule has 2 aromatic carbocycles. The molecule has 0 aliphatic rings. The van der Waals surface area contributed by atoms with Crippen LogP contribution in [0.2, 0.25) is 0 Å². The Morgan fingerprint density at radius 2 is 1.60 bits per heavy atom. The van der Waals surface area contributed by atoms with Crippen LogP contribution in [0.1, 0.15) is 17.3 Å². The summed E-state index contributed by atoms with van der Waals surface area (Å²) in [6, 6.07) is 11.1. The maximum absolute atomic E-state index is 13.4. The number of fused-ring (bicyclic) bond motifs is 1. The van der Waals surface area contributed by atoms with Crippen molar-refractivity contribution < 1.29 is 36.9 Å². The van der Waals surface area contributed by atoms with Gasteiger partial charge in [-0.2, -0.15) is 0 Å². The molecule has 0 spiro atoms. The average Bonchev–Trinajstić information content (AvgIpc) is 2.85. The van der Waals surface area contributed by atoms with Gasteiger partial charge in [-0.05, 0) is 19.1 Å². The van der Waals surface area contributed by atoms with E-state index >= 15 is 0 Å². The molecule has 188 valence electrons. The number of nitrogens with one attached hydrogen (secondary N) is 1. The Kier molecular flexibility index (Phi) is 9.24. The second kappa shape index (κ2) is 12.3. The minimum absolute atomic E-state index is 0.0251. The van der Waals surface area contributed by atoms with E-state index in [4.69, 9.17) is 23.7 Å². The zero-order valence-corrected chi connectivity index (χ0v) is 20.6. The third-order valence-electron chi connectivity index (χ3n) is 4.80. The summed E-state index contributed by atoms with van der Waals surface area (Å²) in [4.78, 5) is 16.9. The number of para-hydroxylation sites is 1. The van der Waals surface area contributed by atoms with Gasteiger partial charge >= 0.3 is 5.97 Å². The summed E-state index contributed by atoms with van der Waals surface area (Å²) in [7, 11) is -1.09. The average molecular weight is 505 g/mol. The lowest BCUT2D eigenvalue weighted by molar-refractivity contribution is 0.0527. The van der Waals surface area contributed by atoms with Crippen molar-refractivity contribution in [3.63, 3.8) is 0 Å². The SMILES string of the molecule is CCOC(=O)c1cc(OCCOC)c(OCCOC)cc1NS(=O)(=O)c1cccc2cccnc12. The molecule has 35 heavy (non-hydrogen) atoms. The maximum atomic E-state index is 13.4. The van der Waals surface area contributed by atoms with Gasteiger partial charge in [0.25, 0.3) is 10.0 Å². The van der Waals surface area contributed by atoms with E-state index in [0.29, 0.717) is 24.1 Å². The molecule has 3 rings (SSSR count). The normalized spacial score (nSPS) is 11.3. The monoisotopic (exact) mass is 504 g/mol. The molecule has 0 bridgehead atoms. The summed E-state index contributed by atoms with van der Waals surface area (Å²) >= 11 is 0. The second-order valence-corrected chi connectivity index (χ2v) is 8.84. The lowest BCUT2D eigenvalue weighted by atomic mass is 10.1. The van der Waals surface area contributed by atoms with Crippen LogP contribution in [-0.4, -0.2) is 66.6 Å². The van der Waals surface area contributed by atoms with Crippen LogP contribution in [0, 0.1) is 0 Å². The van der Waals surface area contributed by atoms with Gasteiger partial charge in [0.2, 0.25) is 0 Å². The third-order valence-corrected chi connectivity index (χ3v) is 6.20. The van der Waals surface area contributed by atoms with Crippen LogP contribution < -0.4 is 14.2 Å². The van der Waals surface area contributed by atoms with Gasteiger partial charge in [0.05, 0.1) is 36.6 Å². The van der Waals surface area contributed by atoms with E-state index in [1.54, 1.807) is 31.2 Å². The fourth-order valence-electron chi connectivity index (χ4n) is 3.21. The minimum Gasteiger partial charge on any atom is -0.487 e. The van der Waals surface area contributed by atoms with Gasteiger partial charge in [-0.25, -0.2) is 13.2 Å². The smallest absolute Gasteiger partial charge is 0.340 e. The molecule has 0 aliphatic heterocycles. The Labute approximate surface area is 204 Å². The third kappa shape index (κ3) is 6.59. The van der Waals surface area contributed by atoms with Gasteiger partial charge < -0.3 is 23.7 Å². The molecule has 1 N–H and O–H groups in total. The predicted octanol–water partition coefficient (Wildman–Crippen LogP) is 3.26. The molecular formula is C24H28N2O8S. The van der Waals surface area contributed by atoms with Crippen molar-refractivity contribution in [3.8, 4) is 11.5 Å². The fraction of sp³-hybridized carbons (Fsp3) is 0.333. The summed E-state index contributed by atoms with van der Waals surface area (Å²) in [5.74, 6) is -0.266. The number of aromatic nitrogens is 1. The first-order valence-corrected chi connectivity index (χ1v) is 12.3. The Balaban J connectivity index is 2.08. The van der Waals surface area contributed by atoms with Crippen molar-refractivity contribution in [2.75, 3.05) is 52.0 Å². The highest BCUT2D eigenvalue weighted by molar-refractivity contribution is 7.93. The van der Waals surface area contributed by atoms with Crippen LogP contribution in [-0.2, 0) is 24.2 Å². The first kappa shape index (κ1) is 26.2. The molecular weight excluding hydrogens is 476 g/mol. The van der Waals surface area contributed by atoms with Gasteiger partial charge in [0, 0.05) is 37.9 Å². The summed E-state index contributed by atoms with van der Waals surface area (Å²) in [6.07, 6.45) is 1.51. The summed E-state index contributed by atoms with van der Waals surface area (Å²) < 4.78 is 56.0. The van der Waals surface area contributed by atoms with Crippen molar-refractivity contribution in [2.24, 2.45) is 0 Å². The predicted molar refractivity (Wildman–Crippen MR) is 130 cm³/mol. The highest BCUT2D eigenvalue weighted by Gasteiger charge is 2.25. The number of carbonyl (C=O) groups excluding carboxylic acids is 1. The topological polar surface area (TPSA) is 122 Å². The number of esters is 1. The zero-order valence-electron chi connectivity index (χ0n) is 19.8. The highest BCUT2D eigenvalue weighted by atomic mass is 32.2. The number of pyridine rings is 1. The number of hydrogen-bond donors (Lipinski definition) is 1. The molecule has 0 radical (unpaired) electrons. The number of anilines is 1. The van der Waals surface area contributed by atoms with E-state index in [1.807, 2.05) is 0 Å². The van der Waals surface area contributed by atoms with Gasteiger partial charge in [-0.3, -0.25) is 9.71 Å². The van der Waals surface area contributed by atoms with E-state index < -0.39 is 16.0 Å². The van der Waals surface area contributed by atoms with Crippen molar-refractivity contribution in [3.05, 3.63) is 54.2 Å². The molecule has 3 aromatic rings. The van der Waals surface area contributed by atoms with Gasteiger partial charge in [-0.15, -0.1) is 0 Å². The van der Waals surface area contributed by atoms with Crippen LogP contribution in [0.25, 0.3) is 10.9 Å². The molecule has 0 saturated carbocycles. The molecule has 0 saturated heterocycles. The summed E-state index contributed by atoms with van der Waals surface area (Å²) in [5, 5.41) is 0.659. The molecule has 10 nitrogen and oxygen atoms in total. The lowest BCUT2D eigenvalue weighted by Crippen LogP contribution is -2.18. The van der Waals surface area contributed by atoms with Crippen LogP contribution >= 0.6 is 0 Å². The first-order chi connectivity index (χ1) is 16.9. The number of nitrogens with zero attached hydrogens (tertiary/aromatic N) is 1. The molecule has 1 aromatic heterocycles. The molecule has 0 aliphatic carbocycles. The quantitative estimate of drug-likeness (QED) is 0.276. The van der Waals surface area contributed by atoms with Crippen LogP contribution in [0.15, 0.2) is 53.6 Å². The number of methoxy groups -OCH3 is 2. The fourth-order valence-corrected chi connectivity index (χ4v) is 4.46. The molecule has 11 heteroatoms. The van der Waals surface area contributed by atoms with Crippen LogP contribution in [0.5, 0.6) is 11.5 Å². The number of sulfonamides is 1. The zero-order chi connectivity index (χ0) is 25.3. The van der Waals surface area contributed by atoms with Crippen molar-refractivity contribution >= 4 is 32.6 Å². The van der Waals surface area contributed by atoms with E-state index in [-0.39, 0.29) is 47.5 Å². The minimum atomic E-state index is -4.15. The molecule has 0 unspecified atom stereocenters. The molecule has 1 heterocycles. The maximum Gasteiger partial charge on any atom is 0.340 e. The van der Waals surface area contributed by atoms with Gasteiger partial charge in [0.15, 0.2) is 11.5 Å². The van der Waals surface area contributed by atoms with Crippen molar-refractivity contribution in [2.45, 2.75) is 11.8 Å². The summed E-state index contributed by atoms with van der Waals surface area (Å²) in [6.45, 7) is 2.71. The van der Waals surface area contributed by atoms with Crippen LogP contribution in [0.4, 0.5) is 5.69 Å². The van der Waals surface area contributed by atoms with E-state index in [1.165, 1.54) is 38.6 Å². The number of hydrogen-bond acceptors (Lipinski definition) is 9. The van der Waals surface area contributed by atoms with Crippen LogP contribution in [0.3, 0.4) is 0 Å². The number of carbonyl (C=O) groups is 1. The summed E-state index contributed by atoms with van der Waals surface area (Å²) in [5.41, 5.74) is 0.245. The highest BCUT2D eigenvalue weighted by Crippen LogP contribution is 2.36. The Hall–Kier alpha value is -3.41. The van der Waals surface area contributed by atoms with Crippen molar-refractivity contribution in [1.29, 1.82) is 0 Å². The molecule has 0 amide bonds. The Morgan fingerprint density at radius 3 is 2.26 bits per heavy atom. The Bertz CT molecular complexity index is 1260. The van der Waals surface area contributed by atoms with Gasteiger partial charge in [-0.1, -0.05) is 18.2 Å². The standard InChI is InChI=1S/C24H28N2O8S/c1-4-32-24(27)18-15-20(33-13-11-30-2)21(34-14-12-31-3)16-19(18)26-35(28,29)22-9-5-7-17-8-6-10-25-23(17)22/h5-10,15-16,26H,4,11-14H2,1-3H3.